The van der Waals surface area contributed by atoms with Gasteiger partial charge in [-0.3, -0.25) is 14.4 Å². The third kappa shape index (κ3) is 5.22. The first-order valence-electron chi connectivity index (χ1n) is 11.1. The zero-order valence-corrected chi connectivity index (χ0v) is 20.3. The van der Waals surface area contributed by atoms with Gasteiger partial charge in [0.05, 0.1) is 12.7 Å². The second kappa shape index (κ2) is 10.7. The van der Waals surface area contributed by atoms with Crippen LogP contribution in [0.4, 0.5) is 0 Å². The van der Waals surface area contributed by atoms with Gasteiger partial charge in [-0.1, -0.05) is 37.6 Å². The van der Waals surface area contributed by atoms with Gasteiger partial charge in [-0.25, -0.2) is 12.7 Å². The highest BCUT2D eigenvalue weighted by molar-refractivity contribution is 7.90. The van der Waals surface area contributed by atoms with Gasteiger partial charge < -0.3 is 15.0 Å². The summed E-state index contributed by atoms with van der Waals surface area (Å²) in [4.78, 5) is 40.1. The fourth-order valence-corrected chi connectivity index (χ4v) is 5.21. The lowest BCUT2D eigenvalue weighted by atomic mass is 10.1. The van der Waals surface area contributed by atoms with Crippen LogP contribution in [0.15, 0.2) is 53.4 Å². The molecule has 2 aromatic rings. The summed E-state index contributed by atoms with van der Waals surface area (Å²) < 4.78 is 31.6. The van der Waals surface area contributed by atoms with Crippen molar-refractivity contribution in [3.05, 3.63) is 59.7 Å². The minimum Gasteiger partial charge on any atom is -0.497 e. The molecule has 0 saturated carbocycles. The van der Waals surface area contributed by atoms with Gasteiger partial charge >= 0.3 is 0 Å². The van der Waals surface area contributed by atoms with Crippen molar-refractivity contribution < 1.29 is 27.5 Å². The number of methoxy groups -OCH3 is 1. The number of unbranched alkanes of at least 4 members (excludes halogenated alkanes) is 1. The molecule has 0 bridgehead atoms. The van der Waals surface area contributed by atoms with Gasteiger partial charge in [0.15, 0.2) is 0 Å². The lowest BCUT2D eigenvalue weighted by Gasteiger charge is -2.30. The Labute approximate surface area is 199 Å². The highest BCUT2D eigenvalue weighted by Gasteiger charge is 2.43. The predicted molar refractivity (Wildman–Crippen MR) is 126 cm³/mol. The largest absolute Gasteiger partial charge is 0.497 e. The van der Waals surface area contributed by atoms with E-state index in [9.17, 15) is 22.8 Å². The average molecular weight is 488 g/mol. The number of ether oxygens (including phenoxy) is 1. The van der Waals surface area contributed by atoms with E-state index in [1.54, 1.807) is 37.3 Å². The first kappa shape index (κ1) is 25.2. The van der Waals surface area contributed by atoms with Crippen molar-refractivity contribution in [3.8, 4) is 5.75 Å². The second-order valence-electron chi connectivity index (χ2n) is 8.01. The Morgan fingerprint density at radius 3 is 2.56 bits per heavy atom. The quantitative estimate of drug-likeness (QED) is 0.514. The van der Waals surface area contributed by atoms with Crippen molar-refractivity contribution in [1.82, 2.24) is 14.5 Å². The van der Waals surface area contributed by atoms with E-state index in [1.807, 2.05) is 6.92 Å². The van der Waals surface area contributed by atoms with E-state index >= 15 is 0 Å². The summed E-state index contributed by atoms with van der Waals surface area (Å²) in [6, 6.07) is 12.0. The van der Waals surface area contributed by atoms with Gasteiger partial charge in [0.25, 0.3) is 15.9 Å². The van der Waals surface area contributed by atoms with Gasteiger partial charge in [0.1, 0.15) is 23.2 Å². The minimum absolute atomic E-state index is 0.0278. The Kier molecular flexibility index (Phi) is 7.93. The van der Waals surface area contributed by atoms with Crippen molar-refractivity contribution >= 4 is 27.7 Å². The summed E-state index contributed by atoms with van der Waals surface area (Å²) in [7, 11) is -2.63. The SMILES string of the molecule is CCCCNC(=O)[C@H](C)N(Cc1cccc(OC)c1)C(=O)CN1C(=O)c2ccccc2S1(=O)=O. The molecule has 1 N–H and O–H groups in total. The Morgan fingerprint density at radius 2 is 1.88 bits per heavy atom. The maximum absolute atomic E-state index is 13.4. The number of fused-ring (bicyclic) bond motifs is 1. The number of hydrogen-bond acceptors (Lipinski definition) is 6. The van der Waals surface area contributed by atoms with Crippen LogP contribution in [0.3, 0.4) is 0 Å². The normalized spacial score (nSPS) is 14.9. The van der Waals surface area contributed by atoms with Crippen molar-refractivity contribution in [3.63, 3.8) is 0 Å². The van der Waals surface area contributed by atoms with Gasteiger partial charge in [-0.2, -0.15) is 0 Å². The van der Waals surface area contributed by atoms with Crippen LogP contribution >= 0.6 is 0 Å². The molecule has 3 rings (SSSR count). The Morgan fingerprint density at radius 1 is 1.15 bits per heavy atom. The van der Waals surface area contributed by atoms with Crippen LogP contribution in [0.25, 0.3) is 0 Å². The molecule has 2 aromatic carbocycles. The maximum atomic E-state index is 13.4. The molecule has 182 valence electrons. The standard InChI is InChI=1S/C24H29N3O6S/c1-4-5-13-25-23(29)17(2)26(15-18-9-8-10-19(14-18)33-3)22(28)16-27-24(30)20-11-6-7-12-21(20)34(27,31)32/h6-12,14,17H,4-5,13,15-16H2,1-3H3,(H,25,29)/t17-/m0/s1. The first-order chi connectivity index (χ1) is 16.2. The summed E-state index contributed by atoms with van der Waals surface area (Å²) >= 11 is 0. The number of nitrogens with zero attached hydrogens (tertiary/aromatic N) is 2. The summed E-state index contributed by atoms with van der Waals surface area (Å²) in [5, 5.41) is 2.80. The number of carbonyl (C=O) groups excluding carboxylic acids is 3. The number of hydrogen-bond donors (Lipinski definition) is 1. The first-order valence-corrected chi connectivity index (χ1v) is 12.5. The molecule has 0 spiro atoms. The molecule has 1 aliphatic rings. The lowest BCUT2D eigenvalue weighted by molar-refractivity contribution is -0.140. The summed E-state index contributed by atoms with van der Waals surface area (Å²) in [5.74, 6) is -1.20. The molecule has 10 heteroatoms. The molecular formula is C24H29N3O6S. The van der Waals surface area contributed by atoms with E-state index in [-0.39, 0.29) is 22.9 Å². The Balaban J connectivity index is 1.87. The van der Waals surface area contributed by atoms with E-state index in [0.717, 1.165) is 12.8 Å². The Bertz CT molecular complexity index is 1180. The second-order valence-corrected chi connectivity index (χ2v) is 9.84. The van der Waals surface area contributed by atoms with Crippen LogP contribution in [0.2, 0.25) is 0 Å². The molecule has 0 aromatic heterocycles. The van der Waals surface area contributed by atoms with Crippen LogP contribution in [-0.2, 0) is 26.2 Å². The summed E-state index contributed by atoms with van der Waals surface area (Å²) in [6.45, 7) is 3.38. The number of carbonyl (C=O) groups is 3. The molecule has 1 aliphatic heterocycles. The van der Waals surface area contributed by atoms with Crippen LogP contribution in [0.5, 0.6) is 5.75 Å². The predicted octanol–water partition coefficient (Wildman–Crippen LogP) is 2.17. The van der Waals surface area contributed by atoms with Crippen LogP contribution in [0, 0.1) is 0 Å². The fourth-order valence-electron chi connectivity index (χ4n) is 3.69. The van der Waals surface area contributed by atoms with E-state index in [2.05, 4.69) is 5.32 Å². The number of benzene rings is 2. The topological polar surface area (TPSA) is 113 Å². The zero-order chi connectivity index (χ0) is 24.9. The molecular weight excluding hydrogens is 458 g/mol. The number of rotatable bonds is 10. The van der Waals surface area contributed by atoms with Crippen molar-refractivity contribution in [2.24, 2.45) is 0 Å². The van der Waals surface area contributed by atoms with E-state index in [1.165, 1.54) is 30.2 Å². The highest BCUT2D eigenvalue weighted by Crippen LogP contribution is 2.30. The van der Waals surface area contributed by atoms with Crippen molar-refractivity contribution in [2.75, 3.05) is 20.2 Å². The molecule has 34 heavy (non-hydrogen) atoms. The van der Waals surface area contributed by atoms with Gasteiger partial charge in [-0.15, -0.1) is 0 Å². The van der Waals surface area contributed by atoms with Gasteiger partial charge in [0.2, 0.25) is 11.8 Å². The third-order valence-electron chi connectivity index (χ3n) is 5.67. The molecule has 1 atom stereocenters. The van der Waals surface area contributed by atoms with Gasteiger partial charge in [-0.05, 0) is 43.2 Å². The highest BCUT2D eigenvalue weighted by atomic mass is 32.2. The van der Waals surface area contributed by atoms with E-state index < -0.39 is 34.4 Å². The van der Waals surface area contributed by atoms with E-state index in [4.69, 9.17) is 4.74 Å². The molecule has 0 aliphatic carbocycles. The van der Waals surface area contributed by atoms with Crippen LogP contribution < -0.4 is 10.1 Å². The molecule has 0 fully saturated rings. The molecule has 9 nitrogen and oxygen atoms in total. The lowest BCUT2D eigenvalue weighted by Crippen LogP contribution is -2.51. The number of sulfonamides is 1. The van der Waals surface area contributed by atoms with Crippen LogP contribution in [0.1, 0.15) is 42.6 Å². The number of nitrogens with one attached hydrogen (secondary N) is 1. The summed E-state index contributed by atoms with van der Waals surface area (Å²) in [6.07, 6.45) is 1.69. The van der Waals surface area contributed by atoms with Gasteiger partial charge in [0, 0.05) is 13.1 Å². The minimum atomic E-state index is -4.16. The molecule has 3 amide bonds. The zero-order valence-electron chi connectivity index (χ0n) is 19.5. The third-order valence-corrected chi connectivity index (χ3v) is 7.46. The molecule has 1 heterocycles. The maximum Gasteiger partial charge on any atom is 0.269 e. The Hall–Kier alpha value is -3.40. The van der Waals surface area contributed by atoms with Crippen molar-refractivity contribution in [1.29, 1.82) is 0 Å². The summed E-state index contributed by atoms with van der Waals surface area (Å²) in [5.41, 5.74) is 0.722. The number of amides is 3. The monoisotopic (exact) mass is 487 g/mol. The smallest absolute Gasteiger partial charge is 0.269 e. The van der Waals surface area contributed by atoms with Crippen LogP contribution in [-0.4, -0.2) is 61.6 Å². The van der Waals surface area contributed by atoms with E-state index in [0.29, 0.717) is 22.2 Å². The molecule has 0 unspecified atom stereocenters. The molecule has 0 saturated heterocycles. The fraction of sp³-hybridized carbons (Fsp3) is 0.375. The average Bonchev–Trinajstić information content (AvgIpc) is 3.03. The molecule has 0 radical (unpaired) electrons. The van der Waals surface area contributed by atoms with Crippen molar-refractivity contribution in [2.45, 2.75) is 44.2 Å².